The van der Waals surface area contributed by atoms with Gasteiger partial charge in [-0.15, -0.1) is 0 Å². The fraction of sp³-hybridized carbons (Fsp3) is 0.900. The first-order valence-electron chi connectivity index (χ1n) is 5.35. The molecular weight excluding hydrogens is 180 g/mol. The first-order chi connectivity index (χ1) is 6.18. The SMILES string of the molecule is CCCCCC[SiH2]OC(=O)C(C)C. The number of carbonyl (C=O) groups excluding carboxylic acids is 1. The summed E-state index contributed by atoms with van der Waals surface area (Å²) in [5.74, 6) is 0.0327. The van der Waals surface area contributed by atoms with Crippen molar-refractivity contribution in [2.75, 3.05) is 0 Å². The summed E-state index contributed by atoms with van der Waals surface area (Å²) >= 11 is 0. The molecule has 0 fully saturated rings. The molecule has 0 aromatic rings. The molecule has 0 atom stereocenters. The summed E-state index contributed by atoms with van der Waals surface area (Å²) in [5, 5.41) is 0. The zero-order valence-corrected chi connectivity index (χ0v) is 10.6. The van der Waals surface area contributed by atoms with Crippen LogP contribution >= 0.6 is 0 Å². The van der Waals surface area contributed by atoms with Crippen molar-refractivity contribution in [3.63, 3.8) is 0 Å². The van der Waals surface area contributed by atoms with E-state index in [4.69, 9.17) is 4.43 Å². The molecule has 0 saturated carbocycles. The molecule has 0 aromatic carbocycles. The van der Waals surface area contributed by atoms with E-state index in [1.165, 1.54) is 25.7 Å². The maximum atomic E-state index is 11.0. The Balaban J connectivity index is 3.12. The van der Waals surface area contributed by atoms with E-state index >= 15 is 0 Å². The summed E-state index contributed by atoms with van der Waals surface area (Å²) in [6.45, 7) is 5.97. The van der Waals surface area contributed by atoms with Crippen LogP contribution in [0.25, 0.3) is 0 Å². The van der Waals surface area contributed by atoms with Gasteiger partial charge < -0.3 is 4.43 Å². The van der Waals surface area contributed by atoms with Crippen LogP contribution in [0.2, 0.25) is 6.04 Å². The van der Waals surface area contributed by atoms with Gasteiger partial charge in [0, 0.05) is 5.92 Å². The lowest BCUT2D eigenvalue weighted by molar-refractivity contribution is -0.137. The van der Waals surface area contributed by atoms with Crippen LogP contribution in [0.15, 0.2) is 0 Å². The molecule has 0 amide bonds. The molecule has 0 aliphatic heterocycles. The van der Waals surface area contributed by atoms with Gasteiger partial charge in [0.25, 0.3) is 5.97 Å². The second-order valence-electron chi connectivity index (χ2n) is 3.74. The average molecular weight is 202 g/mol. The van der Waals surface area contributed by atoms with Crippen molar-refractivity contribution >= 4 is 15.7 Å². The standard InChI is InChI=1S/C10H22O2Si/c1-4-5-6-7-8-13-12-10(11)9(2)3/h9H,4-8,13H2,1-3H3. The smallest absolute Gasteiger partial charge is 0.294 e. The third-order valence-corrected chi connectivity index (χ3v) is 3.24. The van der Waals surface area contributed by atoms with Crippen LogP contribution in [0.3, 0.4) is 0 Å². The summed E-state index contributed by atoms with van der Waals surface area (Å²) in [6, 6.07) is 1.15. The molecule has 0 radical (unpaired) electrons. The molecule has 0 heterocycles. The molecule has 0 unspecified atom stereocenters. The molecule has 3 heteroatoms. The minimum atomic E-state index is -0.556. The summed E-state index contributed by atoms with van der Waals surface area (Å²) in [5.41, 5.74) is 0. The minimum absolute atomic E-state index is 0.0119. The first kappa shape index (κ1) is 12.7. The van der Waals surface area contributed by atoms with Gasteiger partial charge in [0.1, 0.15) is 0 Å². The summed E-state index contributed by atoms with van der Waals surface area (Å²) < 4.78 is 5.18. The number of unbranched alkanes of at least 4 members (excludes halogenated alkanes) is 3. The van der Waals surface area contributed by atoms with Crippen LogP contribution in [0, 0.1) is 5.92 Å². The highest BCUT2D eigenvalue weighted by molar-refractivity contribution is 6.30. The van der Waals surface area contributed by atoms with Crippen LogP contribution < -0.4 is 0 Å². The highest BCUT2D eigenvalue weighted by atomic mass is 28.2. The molecule has 0 spiro atoms. The lowest BCUT2D eigenvalue weighted by Gasteiger charge is -2.06. The van der Waals surface area contributed by atoms with E-state index in [-0.39, 0.29) is 11.9 Å². The van der Waals surface area contributed by atoms with Gasteiger partial charge in [0.05, 0.1) is 0 Å². The third kappa shape index (κ3) is 8.03. The molecule has 0 rings (SSSR count). The van der Waals surface area contributed by atoms with Gasteiger partial charge in [-0.3, -0.25) is 4.79 Å². The Morgan fingerprint density at radius 2 is 2.00 bits per heavy atom. The first-order valence-corrected chi connectivity index (χ1v) is 6.92. The third-order valence-electron chi connectivity index (χ3n) is 1.96. The van der Waals surface area contributed by atoms with E-state index in [2.05, 4.69) is 6.92 Å². The number of rotatable bonds is 7. The monoisotopic (exact) mass is 202 g/mol. The van der Waals surface area contributed by atoms with E-state index in [0.717, 1.165) is 6.04 Å². The lowest BCUT2D eigenvalue weighted by Crippen LogP contribution is -2.14. The Kier molecular flexibility index (Phi) is 8.09. The zero-order valence-electron chi connectivity index (χ0n) is 9.14. The second-order valence-corrected chi connectivity index (χ2v) is 5.14. The molecule has 0 aliphatic carbocycles. The number of hydrogen-bond donors (Lipinski definition) is 0. The fourth-order valence-electron chi connectivity index (χ4n) is 1.05. The summed E-state index contributed by atoms with van der Waals surface area (Å²) in [6.07, 6.45) is 5.12. The van der Waals surface area contributed by atoms with Crippen molar-refractivity contribution < 1.29 is 9.22 Å². The fourth-order valence-corrected chi connectivity index (χ4v) is 2.28. The van der Waals surface area contributed by atoms with Gasteiger partial charge >= 0.3 is 0 Å². The van der Waals surface area contributed by atoms with Gasteiger partial charge in [-0.25, -0.2) is 0 Å². The van der Waals surface area contributed by atoms with Crippen LogP contribution in [0.1, 0.15) is 46.5 Å². The highest BCUT2D eigenvalue weighted by Gasteiger charge is 2.06. The van der Waals surface area contributed by atoms with Gasteiger partial charge in [0.2, 0.25) is 9.76 Å². The van der Waals surface area contributed by atoms with Crippen molar-refractivity contribution in [2.45, 2.75) is 52.5 Å². The van der Waals surface area contributed by atoms with Crippen molar-refractivity contribution in [1.29, 1.82) is 0 Å². The molecule has 0 N–H and O–H groups in total. The Morgan fingerprint density at radius 1 is 1.31 bits per heavy atom. The topological polar surface area (TPSA) is 26.3 Å². The molecule has 13 heavy (non-hydrogen) atoms. The summed E-state index contributed by atoms with van der Waals surface area (Å²) in [4.78, 5) is 11.0. The molecular formula is C10H22O2Si. The van der Waals surface area contributed by atoms with E-state index in [1.54, 1.807) is 0 Å². The minimum Gasteiger partial charge on any atom is -0.525 e. The van der Waals surface area contributed by atoms with Gasteiger partial charge in [-0.1, -0.05) is 46.5 Å². The molecule has 2 nitrogen and oxygen atoms in total. The Bertz CT molecular complexity index is 135. The molecule has 0 aromatic heterocycles. The highest BCUT2D eigenvalue weighted by Crippen LogP contribution is 2.03. The largest absolute Gasteiger partial charge is 0.525 e. The van der Waals surface area contributed by atoms with Crippen LogP contribution in [0.5, 0.6) is 0 Å². The van der Waals surface area contributed by atoms with E-state index < -0.39 is 9.76 Å². The van der Waals surface area contributed by atoms with Crippen LogP contribution in [-0.4, -0.2) is 15.7 Å². The predicted octanol–water partition coefficient (Wildman–Crippen LogP) is 2.27. The Morgan fingerprint density at radius 3 is 2.54 bits per heavy atom. The van der Waals surface area contributed by atoms with Gasteiger partial charge in [-0.05, 0) is 6.04 Å². The maximum absolute atomic E-state index is 11.0. The predicted molar refractivity (Wildman–Crippen MR) is 58.4 cm³/mol. The second kappa shape index (κ2) is 8.29. The number of carbonyl (C=O) groups is 1. The Labute approximate surface area is 84.0 Å². The lowest BCUT2D eigenvalue weighted by atomic mass is 10.2. The van der Waals surface area contributed by atoms with Gasteiger partial charge in [0.15, 0.2) is 0 Å². The van der Waals surface area contributed by atoms with Gasteiger partial charge in [-0.2, -0.15) is 0 Å². The molecule has 78 valence electrons. The quantitative estimate of drug-likeness (QED) is 0.467. The van der Waals surface area contributed by atoms with E-state index in [9.17, 15) is 4.79 Å². The van der Waals surface area contributed by atoms with Crippen LogP contribution in [-0.2, 0) is 9.22 Å². The summed E-state index contributed by atoms with van der Waals surface area (Å²) in [7, 11) is -0.556. The van der Waals surface area contributed by atoms with Crippen molar-refractivity contribution in [1.82, 2.24) is 0 Å². The average Bonchev–Trinajstić information content (AvgIpc) is 2.10. The van der Waals surface area contributed by atoms with E-state index in [0.29, 0.717) is 0 Å². The molecule has 0 aliphatic rings. The number of hydrogen-bond acceptors (Lipinski definition) is 2. The zero-order chi connectivity index (χ0) is 10.1. The van der Waals surface area contributed by atoms with Crippen molar-refractivity contribution in [3.8, 4) is 0 Å². The van der Waals surface area contributed by atoms with Crippen molar-refractivity contribution in [3.05, 3.63) is 0 Å². The van der Waals surface area contributed by atoms with Crippen LogP contribution in [0.4, 0.5) is 0 Å². The molecule has 0 saturated heterocycles. The maximum Gasteiger partial charge on any atom is 0.294 e. The molecule has 0 bridgehead atoms. The Hall–Kier alpha value is -0.313. The normalized spacial score (nSPS) is 11.4. The van der Waals surface area contributed by atoms with E-state index in [1.807, 2.05) is 13.8 Å². The van der Waals surface area contributed by atoms with Crippen molar-refractivity contribution in [2.24, 2.45) is 5.92 Å².